The monoisotopic (exact) mass is 333 g/mol. The van der Waals surface area contributed by atoms with Crippen molar-refractivity contribution in [2.24, 2.45) is 0 Å². The number of aryl methyl sites for hydroxylation is 2. The molecule has 0 spiro atoms. The zero-order valence-electron chi connectivity index (χ0n) is 12.4. The summed E-state index contributed by atoms with van der Waals surface area (Å²) in [4.78, 5) is 30.4. The van der Waals surface area contributed by atoms with Crippen LogP contribution in [0.4, 0.5) is 10.8 Å². The molecule has 1 aliphatic heterocycles. The number of carbonyl (C=O) groups excluding carboxylic acids is 2. The maximum absolute atomic E-state index is 12.3. The predicted molar refractivity (Wildman–Crippen MR) is 89.9 cm³/mol. The lowest BCUT2D eigenvalue weighted by Gasteiger charge is -2.21. The number of thiazole rings is 1. The summed E-state index contributed by atoms with van der Waals surface area (Å²) in [5.41, 5.74) is 2.11. The summed E-state index contributed by atoms with van der Waals surface area (Å²) in [6.07, 6.45) is 0. The van der Waals surface area contributed by atoms with Gasteiger partial charge in [-0.2, -0.15) is 0 Å². The topological polar surface area (TPSA) is 71.1 Å². The molecule has 0 fully saturated rings. The fourth-order valence-corrected chi connectivity index (χ4v) is 3.79. The lowest BCUT2D eigenvalue weighted by molar-refractivity contribution is -0.115. The van der Waals surface area contributed by atoms with Gasteiger partial charge in [-0.15, -0.1) is 23.1 Å². The van der Waals surface area contributed by atoms with E-state index in [1.807, 2.05) is 26.8 Å². The number of benzene rings is 1. The molecule has 1 unspecified atom stereocenters. The van der Waals surface area contributed by atoms with Gasteiger partial charge in [-0.1, -0.05) is 0 Å². The maximum atomic E-state index is 12.3. The minimum absolute atomic E-state index is 0.0405. The minimum Gasteiger partial charge on any atom is -0.324 e. The highest BCUT2D eigenvalue weighted by Crippen LogP contribution is 2.36. The first kappa shape index (κ1) is 15.1. The van der Waals surface area contributed by atoms with Gasteiger partial charge in [0.25, 0.3) is 5.91 Å². The van der Waals surface area contributed by atoms with E-state index < -0.39 is 0 Å². The molecule has 1 aromatic carbocycles. The molecular weight excluding hydrogens is 318 g/mol. The van der Waals surface area contributed by atoms with Gasteiger partial charge in [-0.25, -0.2) is 4.98 Å². The number of nitrogens with zero attached hydrogens (tertiary/aromatic N) is 1. The van der Waals surface area contributed by atoms with E-state index in [0.29, 0.717) is 16.4 Å². The van der Waals surface area contributed by atoms with E-state index in [1.54, 1.807) is 12.1 Å². The number of thioether (sulfide) groups is 1. The standard InChI is InChI=1S/C15H15N3O2S2/c1-7-8(2)22-15(16-7)18-14(20)10-4-5-12-11(6-10)17-13(19)9(3)21-12/h4-6,9H,1-3H3,(H,17,19)(H,16,18,20). The van der Waals surface area contributed by atoms with Crippen molar-refractivity contribution in [3.05, 3.63) is 34.3 Å². The summed E-state index contributed by atoms with van der Waals surface area (Å²) in [6, 6.07) is 5.33. The van der Waals surface area contributed by atoms with Gasteiger partial charge in [0.2, 0.25) is 5.91 Å². The molecule has 0 saturated carbocycles. The average Bonchev–Trinajstić information content (AvgIpc) is 2.78. The Balaban J connectivity index is 1.82. The van der Waals surface area contributed by atoms with Crippen LogP contribution in [0.2, 0.25) is 0 Å². The van der Waals surface area contributed by atoms with E-state index in [0.717, 1.165) is 15.5 Å². The highest BCUT2D eigenvalue weighted by Gasteiger charge is 2.23. The van der Waals surface area contributed by atoms with Crippen LogP contribution in [0.1, 0.15) is 27.9 Å². The van der Waals surface area contributed by atoms with Crippen LogP contribution in [0, 0.1) is 13.8 Å². The summed E-state index contributed by atoms with van der Waals surface area (Å²) in [6.45, 7) is 5.74. The number of anilines is 2. The molecule has 2 amide bonds. The minimum atomic E-state index is -0.227. The quantitative estimate of drug-likeness (QED) is 0.883. The second-order valence-electron chi connectivity index (χ2n) is 5.08. The highest BCUT2D eigenvalue weighted by molar-refractivity contribution is 8.00. The fraction of sp³-hybridized carbons (Fsp3) is 0.267. The number of hydrogen-bond donors (Lipinski definition) is 2. The van der Waals surface area contributed by atoms with E-state index in [1.165, 1.54) is 23.1 Å². The van der Waals surface area contributed by atoms with Gasteiger partial charge < -0.3 is 5.32 Å². The van der Waals surface area contributed by atoms with Crippen molar-refractivity contribution in [3.63, 3.8) is 0 Å². The van der Waals surface area contributed by atoms with E-state index in [9.17, 15) is 9.59 Å². The van der Waals surface area contributed by atoms with Crippen LogP contribution >= 0.6 is 23.1 Å². The van der Waals surface area contributed by atoms with Gasteiger partial charge in [-0.05, 0) is 39.0 Å². The summed E-state index contributed by atoms with van der Waals surface area (Å²) < 4.78 is 0. The maximum Gasteiger partial charge on any atom is 0.257 e. The van der Waals surface area contributed by atoms with Gasteiger partial charge in [0.1, 0.15) is 0 Å². The predicted octanol–water partition coefficient (Wildman–Crippen LogP) is 3.44. The van der Waals surface area contributed by atoms with Gasteiger partial charge in [-0.3, -0.25) is 14.9 Å². The summed E-state index contributed by atoms with van der Waals surface area (Å²) in [5.74, 6) is -0.268. The average molecular weight is 333 g/mol. The van der Waals surface area contributed by atoms with E-state index in [4.69, 9.17) is 0 Å². The Morgan fingerprint density at radius 1 is 1.36 bits per heavy atom. The van der Waals surface area contributed by atoms with Crippen molar-refractivity contribution in [1.29, 1.82) is 0 Å². The van der Waals surface area contributed by atoms with Crippen LogP contribution in [-0.4, -0.2) is 22.0 Å². The van der Waals surface area contributed by atoms with Crippen LogP contribution in [0.5, 0.6) is 0 Å². The van der Waals surface area contributed by atoms with Crippen molar-refractivity contribution in [2.45, 2.75) is 30.9 Å². The second-order valence-corrected chi connectivity index (χ2v) is 7.66. The Morgan fingerprint density at radius 2 is 2.14 bits per heavy atom. The van der Waals surface area contributed by atoms with Crippen LogP contribution in [0.15, 0.2) is 23.1 Å². The molecule has 5 nitrogen and oxygen atoms in total. The molecule has 1 aromatic heterocycles. The largest absolute Gasteiger partial charge is 0.324 e. The molecule has 2 N–H and O–H groups in total. The number of fused-ring (bicyclic) bond motifs is 1. The zero-order valence-corrected chi connectivity index (χ0v) is 14.0. The third-order valence-electron chi connectivity index (χ3n) is 3.42. The number of hydrogen-bond acceptors (Lipinski definition) is 5. The third kappa shape index (κ3) is 2.86. The number of rotatable bonds is 2. The lowest BCUT2D eigenvalue weighted by atomic mass is 10.2. The van der Waals surface area contributed by atoms with Gasteiger partial charge in [0.05, 0.1) is 16.6 Å². The molecule has 2 heterocycles. The molecule has 7 heteroatoms. The number of aromatic nitrogens is 1. The highest BCUT2D eigenvalue weighted by atomic mass is 32.2. The fourth-order valence-electron chi connectivity index (χ4n) is 2.05. The SMILES string of the molecule is Cc1nc(NC(=O)c2ccc3c(c2)NC(=O)C(C)S3)sc1C. The normalized spacial score (nSPS) is 16.9. The molecule has 0 radical (unpaired) electrons. The second kappa shape index (κ2) is 5.73. The van der Waals surface area contributed by atoms with Crippen LogP contribution in [0.25, 0.3) is 0 Å². The van der Waals surface area contributed by atoms with Crippen LogP contribution in [-0.2, 0) is 4.79 Å². The number of nitrogens with one attached hydrogen (secondary N) is 2. The van der Waals surface area contributed by atoms with Crippen molar-refractivity contribution in [1.82, 2.24) is 4.98 Å². The molecule has 22 heavy (non-hydrogen) atoms. The van der Waals surface area contributed by atoms with Gasteiger partial charge >= 0.3 is 0 Å². The summed E-state index contributed by atoms with van der Waals surface area (Å²) >= 11 is 2.95. The first-order valence-corrected chi connectivity index (χ1v) is 8.50. The Morgan fingerprint density at radius 3 is 2.82 bits per heavy atom. The Bertz CT molecular complexity index is 751. The lowest BCUT2D eigenvalue weighted by Crippen LogP contribution is -2.26. The molecule has 2 aromatic rings. The van der Waals surface area contributed by atoms with Crippen molar-refractivity contribution >= 4 is 45.7 Å². The molecule has 1 aliphatic rings. The van der Waals surface area contributed by atoms with Crippen molar-refractivity contribution in [2.75, 3.05) is 10.6 Å². The third-order valence-corrected chi connectivity index (χ3v) is 5.59. The van der Waals surface area contributed by atoms with E-state index in [2.05, 4.69) is 15.6 Å². The van der Waals surface area contributed by atoms with Gasteiger partial charge in [0.15, 0.2) is 5.13 Å². The molecule has 0 bridgehead atoms. The number of amides is 2. The molecule has 0 saturated heterocycles. The summed E-state index contributed by atoms with van der Waals surface area (Å²) in [7, 11) is 0. The Labute approximate surface area is 136 Å². The molecule has 1 atom stereocenters. The summed E-state index contributed by atoms with van der Waals surface area (Å²) in [5, 5.41) is 6.10. The van der Waals surface area contributed by atoms with E-state index in [-0.39, 0.29) is 17.1 Å². The first-order valence-electron chi connectivity index (χ1n) is 6.81. The smallest absolute Gasteiger partial charge is 0.257 e. The van der Waals surface area contributed by atoms with E-state index >= 15 is 0 Å². The Kier molecular flexibility index (Phi) is 3.92. The molecule has 3 rings (SSSR count). The van der Waals surface area contributed by atoms with Crippen LogP contribution < -0.4 is 10.6 Å². The van der Waals surface area contributed by atoms with Crippen LogP contribution in [0.3, 0.4) is 0 Å². The number of carbonyl (C=O) groups is 2. The zero-order chi connectivity index (χ0) is 15.9. The van der Waals surface area contributed by atoms with Gasteiger partial charge in [0, 0.05) is 15.3 Å². The first-order chi connectivity index (χ1) is 10.4. The van der Waals surface area contributed by atoms with Crippen molar-refractivity contribution < 1.29 is 9.59 Å². The Hall–Kier alpha value is -1.86. The molecule has 114 valence electrons. The molecular formula is C15H15N3O2S2. The molecule has 0 aliphatic carbocycles. The van der Waals surface area contributed by atoms with Crippen molar-refractivity contribution in [3.8, 4) is 0 Å².